The third kappa shape index (κ3) is 3.05. The van der Waals surface area contributed by atoms with Crippen LogP contribution in [0.1, 0.15) is 0 Å². The van der Waals surface area contributed by atoms with Gasteiger partial charge in [0.1, 0.15) is 17.2 Å². The lowest BCUT2D eigenvalue weighted by atomic mass is 10.3. The summed E-state index contributed by atoms with van der Waals surface area (Å²) in [7, 11) is 1.62. The lowest BCUT2D eigenvalue weighted by Gasteiger charge is -2.08. The Hall–Kier alpha value is -1.38. The fourth-order valence-electron chi connectivity index (χ4n) is 1.33. The number of benzene rings is 2. The highest BCUT2D eigenvalue weighted by molar-refractivity contribution is 6.35. The molecular weight excluding hydrogens is 259 g/mol. The van der Waals surface area contributed by atoms with Crippen LogP contribution in [0.15, 0.2) is 42.5 Å². The molecule has 0 aromatic heterocycles. The van der Waals surface area contributed by atoms with Gasteiger partial charge in [0.05, 0.1) is 12.1 Å². The summed E-state index contributed by atoms with van der Waals surface area (Å²) in [5, 5.41) is 1.06. The minimum Gasteiger partial charge on any atom is -0.497 e. The van der Waals surface area contributed by atoms with Gasteiger partial charge in [-0.2, -0.15) is 0 Å². The number of hydrogen-bond acceptors (Lipinski definition) is 2. The maximum Gasteiger partial charge on any atom is 0.146 e. The molecule has 0 unspecified atom stereocenters. The second-order valence-corrected chi connectivity index (χ2v) is 4.20. The molecule has 4 heteroatoms. The third-order valence-corrected chi connectivity index (χ3v) is 2.71. The molecule has 0 N–H and O–H groups in total. The van der Waals surface area contributed by atoms with Crippen LogP contribution in [0.4, 0.5) is 0 Å². The van der Waals surface area contributed by atoms with Crippen molar-refractivity contribution in [2.45, 2.75) is 0 Å². The maximum absolute atomic E-state index is 6.00. The van der Waals surface area contributed by atoms with E-state index >= 15 is 0 Å². The van der Waals surface area contributed by atoms with E-state index in [1.807, 2.05) is 24.3 Å². The standard InChI is InChI=1S/C13H10Cl2O2/c1-16-10-3-5-11(6-4-10)17-13-7-2-9(14)8-12(13)15/h2-8H,1H3. The molecule has 0 saturated heterocycles. The molecule has 0 aliphatic rings. The summed E-state index contributed by atoms with van der Waals surface area (Å²) in [6, 6.07) is 12.4. The van der Waals surface area contributed by atoms with Gasteiger partial charge in [0.25, 0.3) is 0 Å². The SMILES string of the molecule is COc1ccc(Oc2ccc(Cl)cc2Cl)cc1. The van der Waals surface area contributed by atoms with Crippen LogP contribution in [0.2, 0.25) is 10.0 Å². The first-order chi connectivity index (χ1) is 8.19. The van der Waals surface area contributed by atoms with E-state index < -0.39 is 0 Å². The van der Waals surface area contributed by atoms with Crippen molar-refractivity contribution in [1.29, 1.82) is 0 Å². The number of methoxy groups -OCH3 is 1. The van der Waals surface area contributed by atoms with Crippen molar-refractivity contribution >= 4 is 23.2 Å². The number of halogens is 2. The molecule has 0 spiro atoms. The molecule has 17 heavy (non-hydrogen) atoms. The zero-order valence-corrected chi connectivity index (χ0v) is 10.6. The van der Waals surface area contributed by atoms with Crippen LogP contribution in [0.3, 0.4) is 0 Å². The smallest absolute Gasteiger partial charge is 0.146 e. The largest absolute Gasteiger partial charge is 0.497 e. The second-order valence-electron chi connectivity index (χ2n) is 3.35. The Morgan fingerprint density at radius 1 is 0.882 bits per heavy atom. The molecule has 2 nitrogen and oxygen atoms in total. The lowest BCUT2D eigenvalue weighted by Crippen LogP contribution is -1.86. The summed E-state index contributed by atoms with van der Waals surface area (Å²) in [5.41, 5.74) is 0. The molecule has 2 aromatic carbocycles. The summed E-state index contributed by atoms with van der Waals surface area (Å²) in [6.45, 7) is 0. The predicted molar refractivity (Wildman–Crippen MR) is 69.5 cm³/mol. The van der Waals surface area contributed by atoms with Crippen molar-refractivity contribution in [3.63, 3.8) is 0 Å². The number of rotatable bonds is 3. The van der Waals surface area contributed by atoms with Gasteiger partial charge in [-0.1, -0.05) is 23.2 Å². The quantitative estimate of drug-likeness (QED) is 0.797. The van der Waals surface area contributed by atoms with E-state index in [4.69, 9.17) is 32.7 Å². The molecule has 0 fully saturated rings. The molecule has 2 rings (SSSR count). The Labute approximate surface area is 110 Å². The Bertz CT molecular complexity index is 509. The molecule has 0 aliphatic heterocycles. The van der Waals surface area contributed by atoms with Gasteiger partial charge in [0, 0.05) is 5.02 Å². The molecule has 0 aliphatic carbocycles. The lowest BCUT2D eigenvalue weighted by molar-refractivity contribution is 0.413. The van der Waals surface area contributed by atoms with Crippen LogP contribution in [0.25, 0.3) is 0 Å². The Kier molecular flexibility index (Phi) is 3.77. The van der Waals surface area contributed by atoms with Crippen molar-refractivity contribution < 1.29 is 9.47 Å². The Morgan fingerprint density at radius 2 is 1.53 bits per heavy atom. The first-order valence-electron chi connectivity index (χ1n) is 4.96. The average Bonchev–Trinajstić information content (AvgIpc) is 2.34. The zero-order valence-electron chi connectivity index (χ0n) is 9.11. The molecule has 0 bridgehead atoms. The number of ether oxygens (including phenoxy) is 2. The molecule has 0 saturated carbocycles. The van der Waals surface area contributed by atoms with Crippen LogP contribution < -0.4 is 9.47 Å². The normalized spacial score (nSPS) is 10.1. The van der Waals surface area contributed by atoms with Gasteiger partial charge in [0.15, 0.2) is 0 Å². The van der Waals surface area contributed by atoms with Gasteiger partial charge in [-0.05, 0) is 42.5 Å². The minimum absolute atomic E-state index is 0.480. The topological polar surface area (TPSA) is 18.5 Å². The van der Waals surface area contributed by atoms with Gasteiger partial charge in [-0.3, -0.25) is 0 Å². The summed E-state index contributed by atoms with van der Waals surface area (Å²) >= 11 is 11.8. The fourth-order valence-corrected chi connectivity index (χ4v) is 1.78. The maximum atomic E-state index is 6.00. The molecule has 0 atom stereocenters. The van der Waals surface area contributed by atoms with Gasteiger partial charge < -0.3 is 9.47 Å². The van der Waals surface area contributed by atoms with Crippen molar-refractivity contribution in [3.8, 4) is 17.2 Å². The van der Waals surface area contributed by atoms with Crippen molar-refractivity contribution in [2.75, 3.05) is 7.11 Å². The van der Waals surface area contributed by atoms with Gasteiger partial charge in [0.2, 0.25) is 0 Å². The van der Waals surface area contributed by atoms with E-state index in [1.165, 1.54) is 0 Å². The van der Waals surface area contributed by atoms with Crippen LogP contribution in [-0.4, -0.2) is 7.11 Å². The Balaban J connectivity index is 2.19. The average molecular weight is 269 g/mol. The zero-order chi connectivity index (χ0) is 12.3. The first-order valence-corrected chi connectivity index (χ1v) is 5.71. The fraction of sp³-hybridized carbons (Fsp3) is 0.0769. The van der Waals surface area contributed by atoms with E-state index in [-0.39, 0.29) is 0 Å². The molecule has 2 aromatic rings. The van der Waals surface area contributed by atoms with Crippen molar-refractivity contribution in [1.82, 2.24) is 0 Å². The molecule has 0 radical (unpaired) electrons. The van der Waals surface area contributed by atoms with E-state index in [1.54, 1.807) is 25.3 Å². The van der Waals surface area contributed by atoms with Crippen LogP contribution in [0, 0.1) is 0 Å². The highest BCUT2D eigenvalue weighted by Gasteiger charge is 2.03. The number of hydrogen-bond donors (Lipinski definition) is 0. The summed E-state index contributed by atoms with van der Waals surface area (Å²) < 4.78 is 10.7. The third-order valence-electron chi connectivity index (χ3n) is 2.18. The van der Waals surface area contributed by atoms with Gasteiger partial charge in [-0.15, -0.1) is 0 Å². The van der Waals surface area contributed by atoms with E-state index in [0.717, 1.165) is 5.75 Å². The van der Waals surface area contributed by atoms with Gasteiger partial charge in [-0.25, -0.2) is 0 Å². The van der Waals surface area contributed by atoms with Crippen LogP contribution in [-0.2, 0) is 0 Å². The molecule has 0 heterocycles. The minimum atomic E-state index is 0.480. The summed E-state index contributed by atoms with van der Waals surface area (Å²) in [5.74, 6) is 2.04. The van der Waals surface area contributed by atoms with Crippen molar-refractivity contribution in [3.05, 3.63) is 52.5 Å². The first kappa shape index (κ1) is 12.1. The second kappa shape index (κ2) is 5.30. The van der Waals surface area contributed by atoms with Crippen molar-refractivity contribution in [2.24, 2.45) is 0 Å². The van der Waals surface area contributed by atoms with Crippen LogP contribution in [0.5, 0.6) is 17.2 Å². The highest BCUT2D eigenvalue weighted by Crippen LogP contribution is 2.32. The molecule has 0 amide bonds. The van der Waals surface area contributed by atoms with Crippen LogP contribution >= 0.6 is 23.2 Å². The van der Waals surface area contributed by atoms with E-state index in [0.29, 0.717) is 21.5 Å². The molecule has 88 valence electrons. The highest BCUT2D eigenvalue weighted by atomic mass is 35.5. The Morgan fingerprint density at radius 3 is 2.12 bits per heavy atom. The summed E-state index contributed by atoms with van der Waals surface area (Å²) in [4.78, 5) is 0. The van der Waals surface area contributed by atoms with E-state index in [9.17, 15) is 0 Å². The predicted octanol–water partition coefficient (Wildman–Crippen LogP) is 4.79. The summed E-state index contributed by atoms with van der Waals surface area (Å²) in [6.07, 6.45) is 0. The van der Waals surface area contributed by atoms with E-state index in [2.05, 4.69) is 0 Å². The monoisotopic (exact) mass is 268 g/mol. The molecular formula is C13H10Cl2O2. The van der Waals surface area contributed by atoms with Gasteiger partial charge >= 0.3 is 0 Å².